The molecule has 10 heteroatoms. The number of rotatable bonds is 9. The third-order valence-electron chi connectivity index (χ3n) is 3.98. The second-order valence-electron chi connectivity index (χ2n) is 5.73. The average molecular weight is 440 g/mol. The van der Waals surface area contributed by atoms with Crippen LogP contribution in [0.3, 0.4) is 0 Å². The average Bonchev–Trinajstić information content (AvgIpc) is 2.75. The number of aromatic nitrogens is 2. The number of thioether (sulfide) groups is 1. The normalized spacial score (nSPS) is 10.4. The van der Waals surface area contributed by atoms with Crippen molar-refractivity contribution in [1.82, 2.24) is 14.9 Å². The number of nitrogens with zero attached hydrogens (tertiary/aromatic N) is 3. The summed E-state index contributed by atoms with van der Waals surface area (Å²) in [5.41, 5.74) is 0.786. The zero-order valence-corrected chi connectivity index (χ0v) is 18.2. The van der Waals surface area contributed by atoms with Gasteiger partial charge in [0, 0.05) is 13.1 Å². The van der Waals surface area contributed by atoms with Gasteiger partial charge in [0.25, 0.3) is 5.91 Å². The third kappa shape index (κ3) is 5.98. The SMILES string of the molecule is CCN(Cc1ccc(OC)c(OC)c1)C(=O)COC(=O)c1nc(SC)ncc1Cl. The van der Waals surface area contributed by atoms with Crippen molar-refractivity contribution in [2.75, 3.05) is 33.6 Å². The fraction of sp³-hybridized carbons (Fsp3) is 0.368. The van der Waals surface area contributed by atoms with Gasteiger partial charge in [0.2, 0.25) is 0 Å². The van der Waals surface area contributed by atoms with Crippen LogP contribution in [0.25, 0.3) is 0 Å². The topological polar surface area (TPSA) is 90.8 Å². The van der Waals surface area contributed by atoms with E-state index < -0.39 is 12.6 Å². The van der Waals surface area contributed by atoms with Gasteiger partial charge in [-0.05, 0) is 30.9 Å². The molecule has 0 aliphatic heterocycles. The number of carbonyl (C=O) groups is 2. The highest BCUT2D eigenvalue weighted by atomic mass is 35.5. The van der Waals surface area contributed by atoms with E-state index in [9.17, 15) is 9.59 Å². The molecule has 0 saturated heterocycles. The van der Waals surface area contributed by atoms with Crippen molar-refractivity contribution in [3.05, 3.63) is 40.7 Å². The van der Waals surface area contributed by atoms with Gasteiger partial charge in [-0.3, -0.25) is 4.79 Å². The Labute approximate surface area is 178 Å². The molecule has 0 spiro atoms. The number of methoxy groups -OCH3 is 2. The Bertz CT molecular complexity index is 881. The smallest absolute Gasteiger partial charge is 0.359 e. The Kier molecular flexibility index (Phi) is 8.53. The fourth-order valence-electron chi connectivity index (χ4n) is 2.46. The van der Waals surface area contributed by atoms with E-state index in [1.54, 1.807) is 37.5 Å². The summed E-state index contributed by atoms with van der Waals surface area (Å²) >= 11 is 7.23. The van der Waals surface area contributed by atoms with Crippen molar-refractivity contribution in [3.63, 3.8) is 0 Å². The molecule has 156 valence electrons. The second kappa shape index (κ2) is 10.9. The molecule has 0 saturated carbocycles. The number of halogens is 1. The molecule has 0 N–H and O–H groups in total. The van der Waals surface area contributed by atoms with Crippen LogP contribution in [0.5, 0.6) is 11.5 Å². The summed E-state index contributed by atoms with van der Waals surface area (Å²) in [6.07, 6.45) is 3.10. The molecule has 1 amide bonds. The predicted molar refractivity (Wildman–Crippen MR) is 110 cm³/mol. The number of carbonyl (C=O) groups excluding carboxylic acids is 2. The lowest BCUT2D eigenvalue weighted by atomic mass is 10.2. The van der Waals surface area contributed by atoms with Crippen molar-refractivity contribution in [3.8, 4) is 11.5 Å². The van der Waals surface area contributed by atoms with Gasteiger partial charge in [-0.2, -0.15) is 0 Å². The van der Waals surface area contributed by atoms with Crippen molar-refractivity contribution >= 4 is 35.2 Å². The minimum Gasteiger partial charge on any atom is -0.493 e. The van der Waals surface area contributed by atoms with Gasteiger partial charge in [0.15, 0.2) is 29.0 Å². The van der Waals surface area contributed by atoms with E-state index in [1.165, 1.54) is 18.0 Å². The molecule has 2 aromatic rings. The van der Waals surface area contributed by atoms with Gasteiger partial charge < -0.3 is 19.1 Å². The third-order valence-corrected chi connectivity index (χ3v) is 4.82. The fourth-order valence-corrected chi connectivity index (χ4v) is 2.96. The van der Waals surface area contributed by atoms with Crippen molar-refractivity contribution in [2.24, 2.45) is 0 Å². The summed E-state index contributed by atoms with van der Waals surface area (Å²) in [4.78, 5) is 34.3. The monoisotopic (exact) mass is 439 g/mol. The van der Waals surface area contributed by atoms with Gasteiger partial charge in [0.05, 0.1) is 25.4 Å². The molecule has 29 heavy (non-hydrogen) atoms. The zero-order valence-electron chi connectivity index (χ0n) is 16.6. The Morgan fingerprint density at radius 2 is 1.93 bits per heavy atom. The van der Waals surface area contributed by atoms with Gasteiger partial charge in [-0.25, -0.2) is 14.8 Å². The molecule has 0 aliphatic carbocycles. The number of hydrogen-bond donors (Lipinski definition) is 0. The van der Waals surface area contributed by atoms with Crippen LogP contribution in [0, 0.1) is 0 Å². The Morgan fingerprint density at radius 1 is 1.21 bits per heavy atom. The zero-order chi connectivity index (χ0) is 21.4. The van der Waals surface area contributed by atoms with E-state index in [0.717, 1.165) is 5.56 Å². The van der Waals surface area contributed by atoms with Crippen molar-refractivity contribution in [2.45, 2.75) is 18.6 Å². The first-order chi connectivity index (χ1) is 13.9. The lowest BCUT2D eigenvalue weighted by Gasteiger charge is -2.21. The highest BCUT2D eigenvalue weighted by molar-refractivity contribution is 7.98. The van der Waals surface area contributed by atoms with Crippen LogP contribution in [-0.2, 0) is 16.1 Å². The van der Waals surface area contributed by atoms with E-state index in [2.05, 4.69) is 9.97 Å². The number of amides is 1. The number of benzene rings is 1. The lowest BCUT2D eigenvalue weighted by molar-refractivity contribution is -0.135. The molecule has 0 radical (unpaired) electrons. The standard InChI is InChI=1S/C19H22ClN3O5S/c1-5-23(10-12-6-7-14(26-2)15(8-12)27-3)16(24)11-28-18(25)17-13(20)9-21-19(22-17)29-4/h6-9H,5,10-11H2,1-4H3. The maximum atomic E-state index is 12.5. The highest BCUT2D eigenvalue weighted by Crippen LogP contribution is 2.28. The van der Waals surface area contributed by atoms with E-state index in [4.69, 9.17) is 25.8 Å². The maximum absolute atomic E-state index is 12.5. The molecule has 8 nitrogen and oxygen atoms in total. The number of esters is 1. The maximum Gasteiger partial charge on any atom is 0.359 e. The number of ether oxygens (including phenoxy) is 3. The van der Waals surface area contributed by atoms with Crippen molar-refractivity contribution in [1.29, 1.82) is 0 Å². The molecule has 0 bridgehead atoms. The van der Waals surface area contributed by atoms with Gasteiger partial charge in [-0.1, -0.05) is 29.4 Å². The van der Waals surface area contributed by atoms with Crippen LogP contribution in [-0.4, -0.2) is 60.4 Å². The van der Waals surface area contributed by atoms with E-state index in [-0.39, 0.29) is 16.6 Å². The quantitative estimate of drug-likeness (QED) is 0.334. The molecule has 1 aromatic heterocycles. The number of hydrogen-bond acceptors (Lipinski definition) is 8. The largest absolute Gasteiger partial charge is 0.493 e. The molecule has 1 heterocycles. The van der Waals surface area contributed by atoms with E-state index in [1.807, 2.05) is 13.0 Å². The van der Waals surface area contributed by atoms with E-state index >= 15 is 0 Å². The molecule has 2 rings (SSSR count). The van der Waals surface area contributed by atoms with Crippen LogP contribution in [0.1, 0.15) is 23.0 Å². The second-order valence-corrected chi connectivity index (χ2v) is 6.91. The van der Waals surface area contributed by atoms with E-state index in [0.29, 0.717) is 29.7 Å². The molecular formula is C19H22ClN3O5S. The number of likely N-dealkylation sites (N-methyl/N-ethyl adjacent to an activating group) is 1. The molecule has 0 unspecified atom stereocenters. The van der Waals surface area contributed by atoms with Gasteiger partial charge >= 0.3 is 5.97 Å². The molecule has 0 atom stereocenters. The van der Waals surface area contributed by atoms with Crippen LogP contribution in [0.15, 0.2) is 29.6 Å². The van der Waals surface area contributed by atoms with Crippen molar-refractivity contribution < 1.29 is 23.8 Å². The minimum absolute atomic E-state index is 0.0675. The molecule has 1 aromatic carbocycles. The Morgan fingerprint density at radius 3 is 2.55 bits per heavy atom. The Balaban J connectivity index is 2.02. The van der Waals surface area contributed by atoms with Gasteiger partial charge in [0.1, 0.15) is 0 Å². The highest BCUT2D eigenvalue weighted by Gasteiger charge is 2.20. The Hall–Kier alpha value is -2.52. The first-order valence-electron chi connectivity index (χ1n) is 8.65. The first-order valence-corrected chi connectivity index (χ1v) is 10.3. The summed E-state index contributed by atoms with van der Waals surface area (Å²) < 4.78 is 15.6. The molecule has 0 fully saturated rings. The summed E-state index contributed by atoms with van der Waals surface area (Å²) in [6, 6.07) is 5.41. The molecular weight excluding hydrogens is 418 g/mol. The summed E-state index contributed by atoms with van der Waals surface area (Å²) in [7, 11) is 3.10. The van der Waals surface area contributed by atoms with Crippen LogP contribution in [0.2, 0.25) is 5.02 Å². The predicted octanol–water partition coefficient (Wildman–Crippen LogP) is 3.07. The van der Waals surface area contributed by atoms with Crippen LogP contribution >= 0.6 is 23.4 Å². The summed E-state index contributed by atoms with van der Waals surface area (Å²) in [5, 5.41) is 0.453. The van der Waals surface area contributed by atoms with Gasteiger partial charge in [-0.15, -0.1) is 0 Å². The summed E-state index contributed by atoms with van der Waals surface area (Å²) in [6.45, 7) is 2.19. The minimum atomic E-state index is -0.775. The lowest BCUT2D eigenvalue weighted by Crippen LogP contribution is -2.34. The van der Waals surface area contributed by atoms with Crippen LogP contribution < -0.4 is 9.47 Å². The molecule has 0 aliphatic rings. The first kappa shape index (κ1) is 22.8. The summed E-state index contributed by atoms with van der Waals surface area (Å²) in [5.74, 6) is 0.0583. The van der Waals surface area contributed by atoms with Crippen LogP contribution in [0.4, 0.5) is 0 Å².